The minimum Gasteiger partial charge on any atom is -0.444 e. The smallest absolute Gasteiger partial charge is 0.407 e. The number of nitrogens with zero attached hydrogens (tertiary/aromatic N) is 1. The van der Waals surface area contributed by atoms with Gasteiger partial charge in [0.15, 0.2) is 5.76 Å². The van der Waals surface area contributed by atoms with E-state index in [0.717, 1.165) is 10.0 Å². The molecule has 33 heavy (non-hydrogen) atoms. The second-order valence-corrected chi connectivity index (χ2v) is 9.45. The Morgan fingerprint density at radius 2 is 1.88 bits per heavy atom. The van der Waals surface area contributed by atoms with Crippen LogP contribution in [0.3, 0.4) is 0 Å². The first-order valence-electron chi connectivity index (χ1n) is 10.8. The van der Waals surface area contributed by atoms with Crippen LogP contribution in [0.2, 0.25) is 0 Å². The van der Waals surface area contributed by atoms with E-state index in [1.54, 1.807) is 24.4 Å². The van der Waals surface area contributed by atoms with Crippen molar-refractivity contribution >= 4 is 27.9 Å². The Kier molecular flexibility index (Phi) is 8.27. The third-order valence-electron chi connectivity index (χ3n) is 4.61. The lowest BCUT2D eigenvalue weighted by molar-refractivity contribution is 0.0525. The largest absolute Gasteiger partial charge is 0.444 e. The van der Waals surface area contributed by atoms with Crippen molar-refractivity contribution < 1.29 is 18.7 Å². The number of carbonyl (C=O) groups is 2. The number of rotatable bonds is 8. The highest BCUT2D eigenvalue weighted by Gasteiger charge is 2.22. The molecule has 0 aliphatic heterocycles. The van der Waals surface area contributed by atoms with Gasteiger partial charge in [-0.3, -0.25) is 4.79 Å². The van der Waals surface area contributed by atoms with Gasteiger partial charge in [-0.15, -0.1) is 0 Å². The summed E-state index contributed by atoms with van der Waals surface area (Å²) in [6.45, 7) is 5.83. The molecule has 0 fully saturated rings. The van der Waals surface area contributed by atoms with Gasteiger partial charge in [0, 0.05) is 22.1 Å². The summed E-state index contributed by atoms with van der Waals surface area (Å²) < 4.78 is 12.1. The van der Waals surface area contributed by atoms with Crippen LogP contribution in [0.15, 0.2) is 69.7 Å². The number of nitrogens with one attached hydrogen (secondary N) is 2. The number of hydrogen-bond donors (Lipinski definition) is 2. The summed E-state index contributed by atoms with van der Waals surface area (Å²) in [4.78, 5) is 29.2. The average Bonchev–Trinajstić information content (AvgIpc) is 3.25. The Morgan fingerprint density at radius 3 is 2.58 bits per heavy atom. The van der Waals surface area contributed by atoms with Gasteiger partial charge in [0.2, 0.25) is 5.89 Å². The predicted octanol–water partition coefficient (Wildman–Crippen LogP) is 5.88. The van der Waals surface area contributed by atoms with Crippen molar-refractivity contribution in [3.63, 3.8) is 0 Å². The fourth-order valence-corrected chi connectivity index (χ4v) is 3.52. The highest BCUT2D eigenvalue weighted by atomic mass is 79.9. The highest BCUT2D eigenvalue weighted by molar-refractivity contribution is 9.10. The van der Waals surface area contributed by atoms with Crippen molar-refractivity contribution in [2.24, 2.45) is 0 Å². The molecule has 1 unspecified atom stereocenters. The fourth-order valence-electron chi connectivity index (χ4n) is 3.12. The van der Waals surface area contributed by atoms with Crippen molar-refractivity contribution in [1.29, 1.82) is 0 Å². The number of benzene rings is 2. The Morgan fingerprint density at radius 1 is 1.12 bits per heavy atom. The van der Waals surface area contributed by atoms with Crippen LogP contribution >= 0.6 is 15.9 Å². The number of alkyl carbamates (subject to hydrolysis) is 1. The van der Waals surface area contributed by atoms with Crippen molar-refractivity contribution in [3.8, 4) is 11.3 Å². The first-order valence-corrected chi connectivity index (χ1v) is 11.5. The molecule has 0 saturated carbocycles. The maximum atomic E-state index is 12.9. The van der Waals surface area contributed by atoms with Gasteiger partial charge in [0.05, 0.1) is 6.20 Å². The molecule has 8 heteroatoms. The van der Waals surface area contributed by atoms with Crippen molar-refractivity contribution in [2.75, 3.05) is 6.54 Å². The van der Waals surface area contributed by atoms with E-state index in [9.17, 15) is 9.59 Å². The van der Waals surface area contributed by atoms with E-state index >= 15 is 0 Å². The number of amides is 2. The van der Waals surface area contributed by atoms with Gasteiger partial charge in [-0.05, 0) is 51.8 Å². The second kappa shape index (κ2) is 11.1. The summed E-state index contributed by atoms with van der Waals surface area (Å²) in [5, 5.41) is 5.75. The van der Waals surface area contributed by atoms with E-state index in [1.807, 2.05) is 57.2 Å². The number of carbonyl (C=O) groups excluding carboxylic acids is 2. The van der Waals surface area contributed by atoms with Gasteiger partial charge >= 0.3 is 6.09 Å². The van der Waals surface area contributed by atoms with Crippen LogP contribution in [0, 0.1) is 0 Å². The number of oxazole rings is 1. The lowest BCUT2D eigenvalue weighted by Gasteiger charge is -2.20. The molecule has 1 aromatic heterocycles. The highest BCUT2D eigenvalue weighted by Crippen LogP contribution is 2.25. The van der Waals surface area contributed by atoms with E-state index < -0.39 is 17.7 Å². The molecule has 174 valence electrons. The second-order valence-electron chi connectivity index (χ2n) is 8.54. The van der Waals surface area contributed by atoms with E-state index in [0.29, 0.717) is 36.6 Å². The molecule has 7 nitrogen and oxygen atoms in total. The van der Waals surface area contributed by atoms with Gasteiger partial charge in [-0.1, -0.05) is 52.3 Å². The van der Waals surface area contributed by atoms with Crippen molar-refractivity contribution in [2.45, 2.75) is 45.3 Å². The zero-order valence-corrected chi connectivity index (χ0v) is 20.5. The fraction of sp³-hybridized carbons (Fsp3) is 0.320. The number of ether oxygens (including phenoxy) is 1. The van der Waals surface area contributed by atoms with Gasteiger partial charge in [0.25, 0.3) is 5.91 Å². The van der Waals surface area contributed by atoms with Crippen LogP contribution in [-0.2, 0) is 4.74 Å². The standard InChI is InChI=1S/C25H28BrN3O4/c1-25(2,3)33-24(31)27-14-8-13-20(29-22(30)18-11-7-12-19(26)15-18)23-28-16-21(32-23)17-9-5-4-6-10-17/h4-7,9-12,15-16,20H,8,13-14H2,1-3H3,(H,27,31)(H,29,30). The van der Waals surface area contributed by atoms with Crippen LogP contribution in [0.1, 0.15) is 55.9 Å². The molecule has 0 aliphatic rings. The Labute approximate surface area is 202 Å². The molecule has 0 saturated heterocycles. The molecule has 0 spiro atoms. The van der Waals surface area contributed by atoms with Crippen LogP contribution in [0.25, 0.3) is 11.3 Å². The normalized spacial score (nSPS) is 12.1. The summed E-state index contributed by atoms with van der Waals surface area (Å²) >= 11 is 3.39. The Hall–Kier alpha value is -3.13. The number of halogens is 1. The molecule has 2 aromatic carbocycles. The molecule has 0 bridgehead atoms. The third-order valence-corrected chi connectivity index (χ3v) is 5.10. The molecule has 2 N–H and O–H groups in total. The van der Waals surface area contributed by atoms with Crippen LogP contribution in [0.4, 0.5) is 4.79 Å². The van der Waals surface area contributed by atoms with Gasteiger partial charge in [-0.25, -0.2) is 9.78 Å². The lowest BCUT2D eigenvalue weighted by Crippen LogP contribution is -2.34. The summed E-state index contributed by atoms with van der Waals surface area (Å²) in [7, 11) is 0. The summed E-state index contributed by atoms with van der Waals surface area (Å²) in [5.41, 5.74) is 0.868. The van der Waals surface area contributed by atoms with Crippen LogP contribution in [-0.4, -0.2) is 29.1 Å². The Bertz CT molecular complexity index is 1080. The van der Waals surface area contributed by atoms with Crippen molar-refractivity contribution in [3.05, 3.63) is 76.7 Å². The summed E-state index contributed by atoms with van der Waals surface area (Å²) in [5.74, 6) is 0.800. The zero-order valence-electron chi connectivity index (χ0n) is 18.9. The lowest BCUT2D eigenvalue weighted by atomic mass is 10.1. The van der Waals surface area contributed by atoms with Crippen LogP contribution in [0.5, 0.6) is 0 Å². The van der Waals surface area contributed by atoms with E-state index in [-0.39, 0.29) is 5.91 Å². The van der Waals surface area contributed by atoms with E-state index in [1.165, 1.54) is 0 Å². The minimum absolute atomic E-state index is 0.235. The van der Waals surface area contributed by atoms with E-state index in [4.69, 9.17) is 9.15 Å². The molecule has 0 radical (unpaired) electrons. The third kappa shape index (κ3) is 7.75. The van der Waals surface area contributed by atoms with Crippen LogP contribution < -0.4 is 10.6 Å². The maximum absolute atomic E-state index is 12.9. The molecule has 0 aliphatic carbocycles. The number of aromatic nitrogens is 1. The molecular weight excluding hydrogens is 486 g/mol. The van der Waals surface area contributed by atoms with Gasteiger partial charge in [0.1, 0.15) is 11.6 Å². The topological polar surface area (TPSA) is 93.5 Å². The van der Waals surface area contributed by atoms with E-state index in [2.05, 4.69) is 31.5 Å². The predicted molar refractivity (Wildman–Crippen MR) is 130 cm³/mol. The quantitative estimate of drug-likeness (QED) is 0.366. The molecule has 1 heterocycles. The van der Waals surface area contributed by atoms with Crippen molar-refractivity contribution in [1.82, 2.24) is 15.6 Å². The number of hydrogen-bond acceptors (Lipinski definition) is 5. The molecule has 1 atom stereocenters. The monoisotopic (exact) mass is 513 g/mol. The maximum Gasteiger partial charge on any atom is 0.407 e. The minimum atomic E-state index is -0.559. The van der Waals surface area contributed by atoms with Gasteiger partial charge in [-0.2, -0.15) is 0 Å². The van der Waals surface area contributed by atoms with Gasteiger partial charge < -0.3 is 19.8 Å². The Balaban J connectivity index is 1.69. The molecule has 3 rings (SSSR count). The average molecular weight is 514 g/mol. The summed E-state index contributed by atoms with van der Waals surface area (Å²) in [6, 6.07) is 16.3. The molecular formula is C25H28BrN3O4. The molecule has 2 amide bonds. The zero-order chi connectivity index (χ0) is 23.8. The summed E-state index contributed by atoms with van der Waals surface area (Å²) in [6.07, 6.45) is 2.29. The molecule has 3 aromatic rings. The SMILES string of the molecule is CC(C)(C)OC(=O)NCCCC(NC(=O)c1cccc(Br)c1)c1ncc(-c2ccccc2)o1. The first-order chi connectivity index (χ1) is 15.7. The first kappa shape index (κ1) is 24.5.